The summed E-state index contributed by atoms with van der Waals surface area (Å²) in [6.45, 7) is 3.23. The molecular formula is C64H8N2O. The molecule has 4 heterocycles. The maximum atomic E-state index is 6.80. The quantitative estimate of drug-likeness (QED) is 0.139. The maximum Gasteiger partial charge on any atom is 0.122 e. The fourth-order valence-corrected chi connectivity index (χ4v) is 23.6. The van der Waals surface area contributed by atoms with Gasteiger partial charge in [0.05, 0.1) is 24.2 Å². The molecule has 0 saturated heterocycles. The zero-order chi connectivity index (χ0) is 39.3. The second-order valence-corrected chi connectivity index (χ2v) is 24.3. The molecule has 5 bridgehead atoms. The Kier molecular flexibility index (Phi) is 2.02. The smallest absolute Gasteiger partial charge is 0.122 e. The van der Waals surface area contributed by atoms with Gasteiger partial charge in [0.25, 0.3) is 0 Å². The first-order chi connectivity index (χ1) is 33.5. The number of hydrogen-bond donors (Lipinski definition) is 0. The topological polar surface area (TPSA) is 19.1 Å². The molecule has 3 nitrogen and oxygen atoms in total. The van der Waals surface area contributed by atoms with Crippen molar-refractivity contribution in [1.82, 2.24) is 9.13 Å². The van der Waals surface area contributed by atoms with Crippen LogP contribution in [0.15, 0.2) is 0 Å². The summed E-state index contributed by atoms with van der Waals surface area (Å²) in [4.78, 5) is 0. The van der Waals surface area contributed by atoms with Crippen molar-refractivity contribution in [2.75, 3.05) is 13.2 Å². The third-order valence-corrected chi connectivity index (χ3v) is 23.9. The Hall–Kier alpha value is -8.24. The molecule has 3 aromatic heterocycles. The van der Waals surface area contributed by atoms with Crippen molar-refractivity contribution >= 4 is 324 Å². The van der Waals surface area contributed by atoms with Crippen LogP contribution in [0.3, 0.4) is 0 Å². The van der Waals surface area contributed by atoms with Crippen molar-refractivity contribution in [2.45, 2.75) is 13.1 Å². The van der Waals surface area contributed by atoms with E-state index in [1.54, 1.807) is 307 Å². The van der Waals surface area contributed by atoms with Gasteiger partial charge in [0, 0.05) is 320 Å². The van der Waals surface area contributed by atoms with Gasteiger partial charge in [-0.3, -0.25) is 0 Å². The fourth-order valence-electron chi connectivity index (χ4n) is 23.6. The first-order valence-electron chi connectivity index (χ1n) is 25.1. The molecular weight excluding hydrogens is 813 g/mol. The number of hydrogen-bond acceptors (Lipinski definition) is 1. The number of rotatable bonds is 0. The molecule has 0 spiro atoms. The summed E-state index contributed by atoms with van der Waals surface area (Å²) in [5.41, 5.74) is 4.54. The lowest BCUT2D eigenvalue weighted by Crippen LogP contribution is -2.17. The van der Waals surface area contributed by atoms with E-state index in [1.165, 1.54) is 16.7 Å². The Morgan fingerprint density at radius 1 is 0.164 bits per heavy atom. The normalized spacial score (nSPS) is 18.4. The van der Waals surface area contributed by atoms with Crippen LogP contribution in [0.2, 0.25) is 0 Å². The van der Waals surface area contributed by atoms with Crippen LogP contribution in [0.4, 0.5) is 0 Å². The molecule has 0 aliphatic carbocycles. The molecule has 1 aliphatic heterocycles. The van der Waals surface area contributed by atoms with Crippen LogP contribution in [0, 0.1) is 0 Å². The average Bonchev–Trinajstić information content (AvgIpc) is 4.20. The van der Waals surface area contributed by atoms with Gasteiger partial charge >= 0.3 is 0 Å². The Morgan fingerprint density at radius 3 is 0.478 bits per heavy atom. The summed E-state index contributed by atoms with van der Waals surface area (Å²) in [6.07, 6.45) is 0. The molecule has 32 aromatic rings. The van der Waals surface area contributed by atoms with Gasteiger partial charge in [-0.25, -0.2) is 0 Å². The second kappa shape index (κ2) is 5.57. The molecule has 67 heavy (non-hydrogen) atoms. The molecule has 0 fully saturated rings. The van der Waals surface area contributed by atoms with Crippen molar-refractivity contribution in [3.8, 4) is 0 Å². The molecule has 3 heteroatoms. The van der Waals surface area contributed by atoms with Gasteiger partial charge in [-0.05, 0) is 0 Å². The number of ether oxygens (including phenoxy) is 1. The number of nitrogens with zero attached hydrogens (tertiary/aromatic N) is 2. The van der Waals surface area contributed by atoms with Crippen LogP contribution < -0.4 is 0 Å². The molecule has 0 amide bonds. The lowest BCUT2D eigenvalue weighted by atomic mass is 9.87. The average molecular weight is 821 g/mol. The van der Waals surface area contributed by atoms with Crippen LogP contribution in [0.1, 0.15) is 0 Å². The van der Waals surface area contributed by atoms with E-state index in [0.717, 1.165) is 26.3 Å². The van der Waals surface area contributed by atoms with E-state index in [2.05, 4.69) is 9.13 Å². The second-order valence-electron chi connectivity index (χ2n) is 24.3. The van der Waals surface area contributed by atoms with E-state index < -0.39 is 0 Å². The first kappa shape index (κ1) is 24.3. The summed E-state index contributed by atoms with van der Waals surface area (Å²) in [7, 11) is 0. The van der Waals surface area contributed by atoms with E-state index in [4.69, 9.17) is 4.74 Å². The van der Waals surface area contributed by atoms with Crippen LogP contribution in [0.25, 0.3) is 324 Å². The Balaban J connectivity index is 1.29. The van der Waals surface area contributed by atoms with Gasteiger partial charge in [0.1, 0.15) is 5.65 Å². The maximum absolute atomic E-state index is 6.80. The van der Waals surface area contributed by atoms with Crippen molar-refractivity contribution in [2.24, 2.45) is 0 Å². The molecule has 0 atom stereocenters. The fraction of sp³-hybridized carbons (Fsp3) is 0.0625. The monoisotopic (exact) mass is 820 g/mol. The summed E-state index contributed by atoms with van der Waals surface area (Å²) < 4.78 is 12.7. The Morgan fingerprint density at radius 2 is 0.299 bits per heavy atom. The lowest BCUT2D eigenvalue weighted by molar-refractivity contribution is 0.116. The molecule has 0 unspecified atom stereocenters. The zero-order valence-corrected chi connectivity index (χ0v) is 34.1. The van der Waals surface area contributed by atoms with Gasteiger partial charge in [0.15, 0.2) is 0 Å². The van der Waals surface area contributed by atoms with Crippen LogP contribution in [0.5, 0.6) is 0 Å². The number of aromatic nitrogens is 2. The Bertz CT molecular complexity index is 7180. The van der Waals surface area contributed by atoms with Crippen LogP contribution >= 0.6 is 0 Å². The first-order valence-corrected chi connectivity index (χ1v) is 25.1. The molecule has 280 valence electrons. The summed E-state index contributed by atoms with van der Waals surface area (Å²) >= 11 is 0. The lowest BCUT2D eigenvalue weighted by Gasteiger charge is -2.19. The van der Waals surface area contributed by atoms with E-state index in [0.29, 0.717) is 0 Å². The van der Waals surface area contributed by atoms with Gasteiger partial charge in [-0.2, -0.15) is 0 Å². The van der Waals surface area contributed by atoms with E-state index in [-0.39, 0.29) is 0 Å². The summed E-state index contributed by atoms with van der Waals surface area (Å²) in [5.74, 6) is 0. The molecule has 33 rings (SSSR count). The highest BCUT2D eigenvalue weighted by atomic mass is 16.5. The molecule has 0 N–H and O–H groups in total. The van der Waals surface area contributed by atoms with Crippen molar-refractivity contribution < 1.29 is 4.74 Å². The van der Waals surface area contributed by atoms with E-state index in [9.17, 15) is 0 Å². The van der Waals surface area contributed by atoms with Crippen LogP contribution in [-0.2, 0) is 17.8 Å². The summed E-state index contributed by atoms with van der Waals surface area (Å²) in [6, 6.07) is 0. The molecule has 0 saturated carbocycles. The highest BCUT2D eigenvalue weighted by Crippen LogP contribution is 2.79. The largest absolute Gasteiger partial charge is 0.378 e. The van der Waals surface area contributed by atoms with E-state index >= 15 is 0 Å². The van der Waals surface area contributed by atoms with E-state index in [1.807, 2.05) is 0 Å². The predicted molar refractivity (Wildman–Crippen MR) is 285 cm³/mol. The minimum atomic E-state index is 0.746. The third-order valence-electron chi connectivity index (χ3n) is 23.9. The minimum absolute atomic E-state index is 0.746. The molecule has 1 aliphatic rings. The SMILES string of the molecule is C1Cn2c3c4c5c6c7c8c9c%10c%11c%12c%13c%10c%10c8c8c%14c%10c%10c%13c%13c%15c%12c%12c%16c%11c%11c9c7c7c9c%11c%16c%11c%16c%12c%15c%12c%15c%13c%10c%10c%14c(c4c86)c4c%10c%15c6c%12c%16c8c%11c9c(c75)c3c8c6n(c42)CCO1. The van der Waals surface area contributed by atoms with Crippen LogP contribution in [-0.4, -0.2) is 22.3 Å². The van der Waals surface area contributed by atoms with Crippen molar-refractivity contribution in [3.05, 3.63) is 0 Å². The third kappa shape index (κ3) is 1.33. The standard InChI is InChI=1S/C64H8N2O/c1-3-67-4-2-66-63-58-50-40-30-20-12-7-5-6-8-9(7)18-22(20)32-36-26(18)25-17(8)21-19-11(6)15-13-10(5)14-16(12)28(30)38-34-24(14)23(13)33-37-27(15)29(19)39-43-31(21)35(25)45-46(36)56(54(58)44(32)40)61-55(45)53(43)57-49(39)47(37)51-41(33)42(34)52(48(38)50)60(63)59(51)62(57)65(1)64(61)66/h1-4H2. The highest BCUT2D eigenvalue weighted by molar-refractivity contribution is 6.84. The van der Waals surface area contributed by atoms with Gasteiger partial charge in [0.2, 0.25) is 0 Å². The van der Waals surface area contributed by atoms with Gasteiger partial charge in [-0.15, -0.1) is 0 Å². The Labute approximate surface area is 362 Å². The van der Waals surface area contributed by atoms with Gasteiger partial charge in [-0.1, -0.05) is 0 Å². The number of benzene rings is 18. The van der Waals surface area contributed by atoms with Crippen molar-refractivity contribution in [1.29, 1.82) is 0 Å². The minimum Gasteiger partial charge on any atom is -0.378 e. The molecule has 29 aromatic carbocycles. The van der Waals surface area contributed by atoms with Gasteiger partial charge < -0.3 is 13.9 Å². The highest BCUT2D eigenvalue weighted by Gasteiger charge is 2.50. The molecule has 0 radical (unpaired) electrons. The predicted octanol–water partition coefficient (Wildman–Crippen LogP) is 17.5. The summed E-state index contributed by atoms with van der Waals surface area (Å²) in [5, 5.41) is 93.1. The van der Waals surface area contributed by atoms with Crippen molar-refractivity contribution in [3.63, 3.8) is 0 Å². The zero-order valence-electron chi connectivity index (χ0n) is 34.1.